The van der Waals surface area contributed by atoms with Gasteiger partial charge in [0.25, 0.3) is 0 Å². The zero-order chi connectivity index (χ0) is 16.3. The number of nitrogens with zero attached hydrogens (tertiary/aromatic N) is 3. The van der Waals surface area contributed by atoms with E-state index in [1.165, 1.54) is 6.42 Å². The first-order valence-electron chi connectivity index (χ1n) is 8.42. The molecule has 0 radical (unpaired) electrons. The number of carbonyl (C=O) groups excluding carboxylic acids is 1. The monoisotopic (exact) mass is 314 g/mol. The zero-order valence-electron chi connectivity index (χ0n) is 13.8. The molecule has 0 unspecified atom stereocenters. The molecule has 1 aromatic heterocycles. The van der Waals surface area contributed by atoms with Crippen molar-refractivity contribution in [1.29, 1.82) is 0 Å². The number of amides is 2. The average molecular weight is 314 g/mol. The van der Waals surface area contributed by atoms with Gasteiger partial charge in [0.1, 0.15) is 0 Å². The second-order valence-corrected chi connectivity index (χ2v) is 6.89. The topological polar surface area (TPSA) is 62.5 Å². The number of nitrogens with two attached hydrogens (primary N) is 1. The van der Waals surface area contributed by atoms with E-state index in [2.05, 4.69) is 35.1 Å². The minimum absolute atomic E-state index is 0.272. The maximum atomic E-state index is 11.3. The van der Waals surface area contributed by atoms with Gasteiger partial charge in [-0.1, -0.05) is 18.2 Å². The number of carbonyl (C=O) groups is 1. The lowest BCUT2D eigenvalue weighted by Gasteiger charge is -2.43. The summed E-state index contributed by atoms with van der Waals surface area (Å²) in [6, 6.07) is 6.24. The highest BCUT2D eigenvalue weighted by atomic mass is 16.2. The third-order valence-corrected chi connectivity index (χ3v) is 5.38. The number of allylic oxidation sites excluding steroid dienone is 1. The third kappa shape index (κ3) is 3.72. The highest BCUT2D eigenvalue weighted by molar-refractivity contribution is 5.72. The van der Waals surface area contributed by atoms with E-state index in [1.54, 1.807) is 4.90 Å². The van der Waals surface area contributed by atoms with Crippen molar-refractivity contribution in [3.63, 3.8) is 0 Å². The van der Waals surface area contributed by atoms with Crippen LogP contribution in [0.3, 0.4) is 0 Å². The number of hydrogen-bond acceptors (Lipinski definition) is 3. The lowest BCUT2D eigenvalue weighted by molar-refractivity contribution is 0.127. The van der Waals surface area contributed by atoms with Crippen LogP contribution >= 0.6 is 0 Å². The van der Waals surface area contributed by atoms with Crippen LogP contribution in [0.4, 0.5) is 4.79 Å². The quantitative estimate of drug-likeness (QED) is 0.871. The molecule has 1 fully saturated rings. The van der Waals surface area contributed by atoms with E-state index in [1.807, 2.05) is 18.3 Å². The summed E-state index contributed by atoms with van der Waals surface area (Å²) in [5.74, 6) is 0. The molecule has 23 heavy (non-hydrogen) atoms. The van der Waals surface area contributed by atoms with Crippen LogP contribution in [0.2, 0.25) is 0 Å². The number of rotatable bonds is 3. The Hall–Kier alpha value is -1.88. The van der Waals surface area contributed by atoms with Crippen LogP contribution in [0.25, 0.3) is 0 Å². The average Bonchev–Trinajstić information content (AvgIpc) is 2.57. The Kier molecular flexibility index (Phi) is 4.66. The van der Waals surface area contributed by atoms with E-state index in [4.69, 9.17) is 5.73 Å². The SMILES string of the molecule is CN(Cc1ccccn1)[C@@H]1C=CC2(CC1)CCN(C(N)=O)CC2. The van der Waals surface area contributed by atoms with Gasteiger partial charge in [-0.25, -0.2) is 4.79 Å². The predicted molar refractivity (Wildman–Crippen MR) is 90.7 cm³/mol. The van der Waals surface area contributed by atoms with Crippen molar-refractivity contribution in [3.05, 3.63) is 42.2 Å². The number of primary amides is 1. The highest BCUT2D eigenvalue weighted by Crippen LogP contribution is 2.41. The summed E-state index contributed by atoms with van der Waals surface area (Å²) >= 11 is 0. The van der Waals surface area contributed by atoms with E-state index < -0.39 is 0 Å². The Balaban J connectivity index is 1.57. The summed E-state index contributed by atoms with van der Waals surface area (Å²) in [5, 5.41) is 0. The maximum Gasteiger partial charge on any atom is 0.314 e. The molecule has 2 amide bonds. The lowest BCUT2D eigenvalue weighted by atomic mass is 9.71. The normalized spacial score (nSPS) is 23.4. The van der Waals surface area contributed by atoms with Crippen molar-refractivity contribution >= 4 is 6.03 Å². The van der Waals surface area contributed by atoms with E-state index >= 15 is 0 Å². The molecule has 0 bridgehead atoms. The summed E-state index contributed by atoms with van der Waals surface area (Å²) in [7, 11) is 2.16. The number of likely N-dealkylation sites (N-methyl/N-ethyl adjacent to an activating group) is 1. The number of aromatic nitrogens is 1. The fourth-order valence-corrected chi connectivity index (χ4v) is 3.75. The lowest BCUT2D eigenvalue weighted by Crippen LogP contribution is -2.46. The molecule has 1 atom stereocenters. The maximum absolute atomic E-state index is 11.3. The van der Waals surface area contributed by atoms with Gasteiger partial charge >= 0.3 is 6.03 Å². The molecule has 3 rings (SSSR count). The third-order valence-electron chi connectivity index (χ3n) is 5.38. The Morgan fingerprint density at radius 3 is 2.74 bits per heavy atom. The van der Waals surface area contributed by atoms with Crippen molar-refractivity contribution in [2.24, 2.45) is 11.1 Å². The molecule has 1 aliphatic carbocycles. The number of urea groups is 1. The van der Waals surface area contributed by atoms with Crippen molar-refractivity contribution in [1.82, 2.24) is 14.8 Å². The summed E-state index contributed by atoms with van der Waals surface area (Å²) in [6.45, 7) is 2.44. The van der Waals surface area contributed by atoms with Crippen molar-refractivity contribution in [2.75, 3.05) is 20.1 Å². The second-order valence-electron chi connectivity index (χ2n) is 6.89. The van der Waals surface area contributed by atoms with Crippen LogP contribution < -0.4 is 5.73 Å². The Labute approximate surface area is 138 Å². The molecule has 5 nitrogen and oxygen atoms in total. The van der Waals surface area contributed by atoms with Crippen LogP contribution in [0.15, 0.2) is 36.5 Å². The summed E-state index contributed by atoms with van der Waals surface area (Å²) in [4.78, 5) is 19.8. The van der Waals surface area contributed by atoms with E-state index in [0.717, 1.165) is 44.6 Å². The zero-order valence-corrected chi connectivity index (χ0v) is 13.8. The van der Waals surface area contributed by atoms with Crippen LogP contribution in [0, 0.1) is 5.41 Å². The van der Waals surface area contributed by atoms with Gasteiger partial charge in [-0.15, -0.1) is 0 Å². The first kappa shape index (κ1) is 16.0. The van der Waals surface area contributed by atoms with Gasteiger partial charge in [0.05, 0.1) is 5.69 Å². The molecule has 1 saturated heterocycles. The smallest absolute Gasteiger partial charge is 0.314 e. The molecule has 2 heterocycles. The fraction of sp³-hybridized carbons (Fsp3) is 0.556. The molecule has 0 saturated carbocycles. The van der Waals surface area contributed by atoms with Crippen molar-refractivity contribution in [2.45, 2.75) is 38.3 Å². The predicted octanol–water partition coefficient (Wildman–Crippen LogP) is 2.39. The molecule has 2 aliphatic rings. The van der Waals surface area contributed by atoms with Crippen molar-refractivity contribution < 1.29 is 4.79 Å². The summed E-state index contributed by atoms with van der Waals surface area (Å²) in [5.41, 5.74) is 6.76. The number of likely N-dealkylation sites (tertiary alicyclic amines) is 1. The molecule has 1 spiro atoms. The van der Waals surface area contributed by atoms with Gasteiger partial charge in [-0.3, -0.25) is 9.88 Å². The molecular formula is C18H26N4O. The molecule has 2 N–H and O–H groups in total. The van der Waals surface area contributed by atoms with E-state index in [9.17, 15) is 4.79 Å². The Morgan fingerprint density at radius 2 is 2.17 bits per heavy atom. The molecule has 5 heteroatoms. The summed E-state index contributed by atoms with van der Waals surface area (Å²) < 4.78 is 0. The van der Waals surface area contributed by atoms with Gasteiger partial charge in [0.2, 0.25) is 0 Å². The van der Waals surface area contributed by atoms with E-state index in [-0.39, 0.29) is 11.4 Å². The number of pyridine rings is 1. The van der Waals surface area contributed by atoms with Gasteiger partial charge < -0.3 is 10.6 Å². The fourth-order valence-electron chi connectivity index (χ4n) is 3.75. The number of hydrogen-bond donors (Lipinski definition) is 1. The largest absolute Gasteiger partial charge is 0.351 e. The first-order valence-corrected chi connectivity index (χ1v) is 8.42. The van der Waals surface area contributed by atoms with Crippen LogP contribution in [-0.4, -0.2) is 47.0 Å². The Morgan fingerprint density at radius 1 is 1.39 bits per heavy atom. The number of piperidine rings is 1. The molecular weight excluding hydrogens is 288 g/mol. The Bertz CT molecular complexity index is 564. The standard InChI is InChI=1S/C18H26N4O/c1-21(14-15-4-2-3-11-20-15)16-5-7-18(8-6-16)9-12-22(13-10-18)17(19)23/h2-5,7,11,16H,6,8-10,12-14H2,1H3,(H2,19,23)/t16-/m1/s1. The van der Waals surface area contributed by atoms with Gasteiger partial charge in [-0.2, -0.15) is 0 Å². The minimum Gasteiger partial charge on any atom is -0.351 e. The first-order chi connectivity index (χ1) is 11.1. The molecule has 1 aromatic rings. The molecule has 0 aromatic carbocycles. The van der Waals surface area contributed by atoms with Crippen LogP contribution in [-0.2, 0) is 6.54 Å². The highest BCUT2D eigenvalue weighted by Gasteiger charge is 2.36. The van der Waals surface area contributed by atoms with Crippen LogP contribution in [0.5, 0.6) is 0 Å². The summed E-state index contributed by atoms with van der Waals surface area (Å²) in [6.07, 6.45) is 11.0. The second kappa shape index (κ2) is 6.71. The van der Waals surface area contributed by atoms with Crippen molar-refractivity contribution in [3.8, 4) is 0 Å². The minimum atomic E-state index is -0.285. The molecule has 124 valence electrons. The van der Waals surface area contributed by atoms with Gasteiger partial charge in [0.15, 0.2) is 0 Å². The van der Waals surface area contributed by atoms with Crippen LogP contribution in [0.1, 0.15) is 31.4 Å². The van der Waals surface area contributed by atoms with E-state index in [0.29, 0.717) is 6.04 Å². The molecule has 1 aliphatic heterocycles. The van der Waals surface area contributed by atoms with Gasteiger partial charge in [0, 0.05) is 31.9 Å². The van der Waals surface area contributed by atoms with Gasteiger partial charge in [-0.05, 0) is 50.3 Å².